The van der Waals surface area contributed by atoms with Crippen molar-refractivity contribution >= 4 is 12.0 Å². The van der Waals surface area contributed by atoms with Crippen molar-refractivity contribution < 1.29 is 9.90 Å². The molecule has 1 atom stereocenters. The third-order valence-corrected chi connectivity index (χ3v) is 3.62. The van der Waals surface area contributed by atoms with E-state index in [1.807, 2.05) is 41.6 Å². The Hall–Kier alpha value is -1.85. The van der Waals surface area contributed by atoms with Gasteiger partial charge in [0.2, 0.25) is 0 Å². The highest BCUT2D eigenvalue weighted by atomic mass is 16.4. The van der Waals surface area contributed by atoms with Crippen LogP contribution < -0.4 is 5.32 Å². The maximum absolute atomic E-state index is 11.7. The van der Waals surface area contributed by atoms with Gasteiger partial charge in [-0.15, -0.1) is 0 Å². The summed E-state index contributed by atoms with van der Waals surface area (Å²) in [4.78, 5) is 11.7. The zero-order chi connectivity index (χ0) is 13.2. The molecule has 5 nitrogen and oxygen atoms in total. The quantitative estimate of drug-likeness (QED) is 0.827. The molecule has 2 aliphatic rings. The Kier molecular flexibility index (Phi) is 3.23. The molecule has 0 radical (unpaired) electrons. The maximum Gasteiger partial charge on any atom is 0.332 e. The molecule has 5 heteroatoms. The molecule has 1 aromatic rings. The van der Waals surface area contributed by atoms with Gasteiger partial charge in [-0.25, -0.2) is 9.80 Å². The predicted molar refractivity (Wildman–Crippen MR) is 72.1 cm³/mol. The fourth-order valence-corrected chi connectivity index (χ4v) is 2.68. The van der Waals surface area contributed by atoms with Crippen LogP contribution in [0, 0.1) is 0 Å². The van der Waals surface area contributed by atoms with Crippen LogP contribution in [-0.2, 0) is 4.79 Å². The molecule has 19 heavy (non-hydrogen) atoms. The number of fused-ring (bicyclic) bond motifs is 1. The molecule has 1 aromatic carbocycles. The number of hydrazine groups is 1. The average Bonchev–Trinajstić information content (AvgIpc) is 2.46. The van der Waals surface area contributed by atoms with E-state index in [0.29, 0.717) is 0 Å². The molecule has 0 spiro atoms. The summed E-state index contributed by atoms with van der Waals surface area (Å²) in [5.41, 5.74) is 1.84. The first-order chi connectivity index (χ1) is 9.27. The first-order valence-electron chi connectivity index (χ1n) is 6.51. The Morgan fingerprint density at radius 1 is 1.26 bits per heavy atom. The highest BCUT2D eigenvalue weighted by Gasteiger charge is 2.33. The number of rotatable bonds is 2. The van der Waals surface area contributed by atoms with Crippen molar-refractivity contribution in [3.63, 3.8) is 0 Å². The minimum atomic E-state index is -0.810. The summed E-state index contributed by atoms with van der Waals surface area (Å²) >= 11 is 0. The number of aliphatic carboxylic acids is 1. The summed E-state index contributed by atoms with van der Waals surface area (Å²) in [6, 6.07) is 7.05. The van der Waals surface area contributed by atoms with E-state index in [0.717, 1.165) is 37.3 Å². The second-order valence-electron chi connectivity index (χ2n) is 4.77. The van der Waals surface area contributed by atoms with Crippen LogP contribution in [0.25, 0.3) is 6.08 Å². The monoisotopic (exact) mass is 259 g/mol. The van der Waals surface area contributed by atoms with Crippen LogP contribution in [0.1, 0.15) is 17.2 Å². The number of benzene rings is 1. The largest absolute Gasteiger partial charge is 0.479 e. The lowest BCUT2D eigenvalue weighted by molar-refractivity contribution is -0.150. The number of carboxylic acid groups (broad SMARTS) is 1. The van der Waals surface area contributed by atoms with E-state index in [1.54, 1.807) is 0 Å². The summed E-state index contributed by atoms with van der Waals surface area (Å²) in [5, 5.41) is 16.8. The topological polar surface area (TPSA) is 55.8 Å². The fraction of sp³-hybridized carbons (Fsp3) is 0.357. The number of carbonyl (C=O) groups is 1. The molecule has 3 rings (SSSR count). The lowest BCUT2D eigenvalue weighted by Crippen LogP contribution is -2.53. The molecule has 1 saturated heterocycles. The Labute approximate surface area is 112 Å². The van der Waals surface area contributed by atoms with Gasteiger partial charge in [-0.3, -0.25) is 5.01 Å². The number of piperazine rings is 1. The third-order valence-electron chi connectivity index (χ3n) is 3.62. The van der Waals surface area contributed by atoms with Crippen LogP contribution in [0.15, 0.2) is 30.5 Å². The molecule has 2 N–H and O–H groups in total. The predicted octanol–water partition coefficient (Wildman–Crippen LogP) is 0.919. The summed E-state index contributed by atoms with van der Waals surface area (Å²) in [6.45, 7) is 3.43. The molecule has 100 valence electrons. The van der Waals surface area contributed by atoms with Gasteiger partial charge in [-0.2, -0.15) is 0 Å². The van der Waals surface area contributed by atoms with Gasteiger partial charge in [0.25, 0.3) is 0 Å². The van der Waals surface area contributed by atoms with Gasteiger partial charge in [0.15, 0.2) is 6.04 Å². The van der Waals surface area contributed by atoms with Crippen molar-refractivity contribution in [1.29, 1.82) is 0 Å². The van der Waals surface area contributed by atoms with Crippen molar-refractivity contribution in [1.82, 2.24) is 15.3 Å². The van der Waals surface area contributed by atoms with E-state index in [9.17, 15) is 9.90 Å². The number of hydrogen-bond donors (Lipinski definition) is 2. The van der Waals surface area contributed by atoms with E-state index in [-0.39, 0.29) is 0 Å². The maximum atomic E-state index is 11.7. The minimum Gasteiger partial charge on any atom is -0.479 e. The van der Waals surface area contributed by atoms with E-state index >= 15 is 0 Å². The number of carboxylic acids is 1. The van der Waals surface area contributed by atoms with Crippen LogP contribution in [0.3, 0.4) is 0 Å². The molecule has 0 aliphatic carbocycles. The lowest BCUT2D eigenvalue weighted by Gasteiger charge is -2.42. The van der Waals surface area contributed by atoms with Crippen molar-refractivity contribution in [2.24, 2.45) is 0 Å². The van der Waals surface area contributed by atoms with Gasteiger partial charge in [0, 0.05) is 32.4 Å². The molecule has 2 heterocycles. The normalized spacial score (nSPS) is 23.2. The molecule has 0 saturated carbocycles. The van der Waals surface area contributed by atoms with Crippen LogP contribution in [0.5, 0.6) is 0 Å². The molecular weight excluding hydrogens is 242 g/mol. The summed E-state index contributed by atoms with van der Waals surface area (Å²) in [6.07, 6.45) is 3.86. The fourth-order valence-electron chi connectivity index (χ4n) is 2.68. The number of nitrogens with one attached hydrogen (secondary N) is 1. The second kappa shape index (κ2) is 5.03. The molecule has 2 aliphatic heterocycles. The van der Waals surface area contributed by atoms with Gasteiger partial charge < -0.3 is 10.4 Å². The molecule has 1 unspecified atom stereocenters. The third kappa shape index (κ3) is 2.22. The zero-order valence-corrected chi connectivity index (χ0v) is 10.6. The Bertz CT molecular complexity index is 509. The van der Waals surface area contributed by atoms with Crippen LogP contribution >= 0.6 is 0 Å². The Balaban J connectivity index is 1.95. The minimum absolute atomic E-state index is 0.626. The van der Waals surface area contributed by atoms with Crippen LogP contribution in [0.4, 0.5) is 0 Å². The first kappa shape index (κ1) is 12.2. The zero-order valence-electron chi connectivity index (χ0n) is 10.6. The van der Waals surface area contributed by atoms with E-state index in [1.165, 1.54) is 0 Å². The second-order valence-corrected chi connectivity index (χ2v) is 4.77. The van der Waals surface area contributed by atoms with Crippen molar-refractivity contribution in [2.75, 3.05) is 26.2 Å². The molecule has 0 amide bonds. The summed E-state index contributed by atoms with van der Waals surface area (Å²) in [5.74, 6) is -0.810. The standard InChI is InChI=1S/C14H17N3O2/c18-14(19)13-12-4-2-1-3-11(12)5-8-17(13)16-9-6-15-7-10-16/h1-5,8,13,15H,6-7,9-10H2,(H,18,19). The summed E-state index contributed by atoms with van der Waals surface area (Å²) < 4.78 is 0. The Morgan fingerprint density at radius 3 is 2.74 bits per heavy atom. The van der Waals surface area contributed by atoms with Gasteiger partial charge in [0.1, 0.15) is 0 Å². The van der Waals surface area contributed by atoms with E-state index in [2.05, 4.69) is 10.3 Å². The van der Waals surface area contributed by atoms with Crippen molar-refractivity contribution in [3.05, 3.63) is 41.6 Å². The molecule has 0 bridgehead atoms. The van der Waals surface area contributed by atoms with Crippen LogP contribution in [-0.4, -0.2) is 47.3 Å². The van der Waals surface area contributed by atoms with Gasteiger partial charge in [0.05, 0.1) is 0 Å². The van der Waals surface area contributed by atoms with Gasteiger partial charge in [-0.05, 0) is 17.2 Å². The lowest BCUT2D eigenvalue weighted by atomic mass is 9.97. The molecule has 1 fully saturated rings. The smallest absolute Gasteiger partial charge is 0.332 e. The van der Waals surface area contributed by atoms with Crippen molar-refractivity contribution in [2.45, 2.75) is 6.04 Å². The highest BCUT2D eigenvalue weighted by Crippen LogP contribution is 2.31. The summed E-state index contributed by atoms with van der Waals surface area (Å²) in [7, 11) is 0. The van der Waals surface area contributed by atoms with Crippen LogP contribution in [0.2, 0.25) is 0 Å². The number of hydrogen-bond acceptors (Lipinski definition) is 4. The molecule has 0 aromatic heterocycles. The average molecular weight is 259 g/mol. The first-order valence-corrected chi connectivity index (χ1v) is 6.51. The van der Waals surface area contributed by atoms with E-state index < -0.39 is 12.0 Å². The Morgan fingerprint density at radius 2 is 2.00 bits per heavy atom. The van der Waals surface area contributed by atoms with E-state index in [4.69, 9.17) is 0 Å². The van der Waals surface area contributed by atoms with Gasteiger partial charge >= 0.3 is 5.97 Å². The van der Waals surface area contributed by atoms with Crippen molar-refractivity contribution in [3.8, 4) is 0 Å². The SMILES string of the molecule is O=C(O)C1c2ccccc2C=CN1N1CCNCC1. The molecular formula is C14H17N3O2. The highest BCUT2D eigenvalue weighted by molar-refractivity contribution is 5.79. The van der Waals surface area contributed by atoms with Gasteiger partial charge in [-0.1, -0.05) is 24.3 Å². The number of nitrogens with zero attached hydrogens (tertiary/aromatic N) is 2.